The number of rotatable bonds is 36. The van der Waals surface area contributed by atoms with Gasteiger partial charge in [-0.05, 0) is 64.2 Å². The average Bonchev–Trinajstić information content (AvgIpc) is 3.19. The Labute approximate surface area is 350 Å². The van der Waals surface area contributed by atoms with Crippen LogP contribution in [0.4, 0.5) is 0 Å². The third-order valence-corrected chi connectivity index (χ3v) is 10.6. The van der Waals surface area contributed by atoms with Crippen molar-refractivity contribution in [2.45, 2.75) is 210 Å². The van der Waals surface area contributed by atoms with Crippen molar-refractivity contribution in [3.8, 4) is 0 Å². The Morgan fingerprint density at radius 2 is 1.17 bits per heavy atom. The van der Waals surface area contributed by atoms with Gasteiger partial charge in [-0.1, -0.05) is 146 Å². The largest absolute Gasteiger partial charge is 0.397 e. The minimum absolute atomic E-state index is 0.218. The zero-order valence-corrected chi connectivity index (χ0v) is 36.3. The minimum Gasteiger partial charge on any atom is -0.394 e. The number of hydrogen-bond acceptors (Lipinski definition) is 11. The number of nitrogens with one attached hydrogen (secondary N) is 1. The van der Waals surface area contributed by atoms with Crippen molar-refractivity contribution in [1.82, 2.24) is 5.32 Å². The Bertz CT molecular complexity index is 1240. The van der Waals surface area contributed by atoms with Crippen molar-refractivity contribution in [1.29, 1.82) is 0 Å². The number of allylic oxidation sites excluding steroid dienone is 7. The van der Waals surface area contributed by atoms with Gasteiger partial charge in [-0.2, -0.15) is 8.42 Å². The standard InChI is InChI=1S/C44H79NO12S/c1-3-5-7-9-11-13-15-17-18-19-20-21-23-25-27-29-31-33-38(48)43(51)45-36(37(47)32-30-28-26-24-22-16-14-12-10-8-6-4-2)35-55-44-41(50)42(57-58(52,53)54)40(49)39(34-46)56-44/h10,12,20-22,24,30,32,36-42,44,46-50H,3-9,11,13-19,23,25-29,31,33-35H2,1-2H3,(H,45,51)(H,52,53,54)/b12-10+,21-20-,24-22+,32-30+. The summed E-state index contributed by atoms with van der Waals surface area (Å²) >= 11 is 0. The van der Waals surface area contributed by atoms with E-state index in [1.807, 2.05) is 0 Å². The summed E-state index contributed by atoms with van der Waals surface area (Å²) in [5.41, 5.74) is 0. The maximum absolute atomic E-state index is 13.1. The fourth-order valence-electron chi connectivity index (χ4n) is 6.59. The van der Waals surface area contributed by atoms with Gasteiger partial charge in [0.2, 0.25) is 5.91 Å². The Balaban J connectivity index is 2.63. The predicted molar refractivity (Wildman–Crippen MR) is 228 cm³/mol. The van der Waals surface area contributed by atoms with E-state index in [4.69, 9.17) is 14.0 Å². The van der Waals surface area contributed by atoms with E-state index in [0.29, 0.717) is 12.8 Å². The second kappa shape index (κ2) is 34.7. The van der Waals surface area contributed by atoms with Crippen LogP contribution in [0, 0.1) is 0 Å². The Kier molecular flexibility index (Phi) is 32.3. The topological polar surface area (TPSA) is 212 Å². The molecule has 1 aliphatic heterocycles. The maximum atomic E-state index is 13.1. The van der Waals surface area contributed by atoms with E-state index in [2.05, 4.69) is 59.8 Å². The molecule has 338 valence electrons. The Morgan fingerprint density at radius 3 is 1.71 bits per heavy atom. The van der Waals surface area contributed by atoms with E-state index in [0.717, 1.165) is 57.8 Å². The van der Waals surface area contributed by atoms with E-state index >= 15 is 0 Å². The Hall–Kier alpha value is -1.98. The van der Waals surface area contributed by atoms with Crippen molar-refractivity contribution in [3.05, 3.63) is 48.6 Å². The van der Waals surface area contributed by atoms with Crippen LogP contribution in [0.5, 0.6) is 0 Å². The van der Waals surface area contributed by atoms with Crippen molar-refractivity contribution >= 4 is 16.3 Å². The van der Waals surface area contributed by atoms with Crippen LogP contribution in [-0.4, -0.2) is 107 Å². The molecule has 58 heavy (non-hydrogen) atoms. The second-order valence-electron chi connectivity index (χ2n) is 15.4. The van der Waals surface area contributed by atoms with E-state index in [9.17, 15) is 38.7 Å². The summed E-state index contributed by atoms with van der Waals surface area (Å²) in [6.07, 6.45) is 29.2. The number of aliphatic hydroxyl groups excluding tert-OH is 5. The van der Waals surface area contributed by atoms with Crippen molar-refractivity contribution in [2.24, 2.45) is 0 Å². The number of amides is 1. The number of ether oxygens (including phenoxy) is 2. The summed E-state index contributed by atoms with van der Waals surface area (Å²) in [4.78, 5) is 13.1. The smallest absolute Gasteiger partial charge is 0.394 e. The molecule has 1 aliphatic rings. The highest BCUT2D eigenvalue weighted by Crippen LogP contribution is 2.26. The lowest BCUT2D eigenvalue weighted by atomic mass is 9.99. The van der Waals surface area contributed by atoms with Gasteiger partial charge in [0, 0.05) is 0 Å². The number of aliphatic hydroxyl groups is 5. The molecular formula is C44H79NO12S. The molecule has 0 aliphatic carbocycles. The number of unbranched alkanes of at least 4 members (excludes halogenated alkanes) is 17. The molecular weight excluding hydrogens is 767 g/mol. The fourth-order valence-corrected chi connectivity index (χ4v) is 7.10. The van der Waals surface area contributed by atoms with Gasteiger partial charge in [-0.15, -0.1) is 0 Å². The first-order chi connectivity index (χ1) is 27.9. The lowest BCUT2D eigenvalue weighted by Crippen LogP contribution is -2.61. The van der Waals surface area contributed by atoms with Gasteiger partial charge in [-0.3, -0.25) is 9.35 Å². The van der Waals surface area contributed by atoms with Gasteiger partial charge < -0.3 is 40.3 Å². The molecule has 0 aromatic carbocycles. The highest BCUT2D eigenvalue weighted by Gasteiger charge is 2.48. The molecule has 0 aromatic heterocycles. The first-order valence-corrected chi connectivity index (χ1v) is 23.5. The van der Waals surface area contributed by atoms with Crippen molar-refractivity contribution in [2.75, 3.05) is 13.2 Å². The maximum Gasteiger partial charge on any atom is 0.397 e. The van der Waals surface area contributed by atoms with E-state index < -0.39 is 78.5 Å². The molecule has 1 amide bonds. The molecule has 0 bridgehead atoms. The van der Waals surface area contributed by atoms with Crippen LogP contribution < -0.4 is 5.32 Å². The molecule has 0 radical (unpaired) electrons. The third kappa shape index (κ3) is 27.0. The van der Waals surface area contributed by atoms with Crippen LogP contribution in [0.1, 0.15) is 162 Å². The van der Waals surface area contributed by atoms with Crippen molar-refractivity contribution in [3.63, 3.8) is 0 Å². The van der Waals surface area contributed by atoms with Gasteiger partial charge >= 0.3 is 10.4 Å². The molecule has 1 heterocycles. The van der Waals surface area contributed by atoms with Gasteiger partial charge in [0.25, 0.3) is 0 Å². The molecule has 13 nitrogen and oxygen atoms in total. The van der Waals surface area contributed by atoms with E-state index in [-0.39, 0.29) is 6.42 Å². The monoisotopic (exact) mass is 846 g/mol. The molecule has 1 rings (SSSR count). The zero-order chi connectivity index (χ0) is 42.9. The normalized spacial score (nSPS) is 22.1. The lowest BCUT2D eigenvalue weighted by Gasteiger charge is -2.41. The van der Waals surface area contributed by atoms with E-state index in [1.165, 1.54) is 76.7 Å². The van der Waals surface area contributed by atoms with Gasteiger partial charge in [0.1, 0.15) is 30.5 Å². The van der Waals surface area contributed by atoms with Crippen molar-refractivity contribution < 1.29 is 57.0 Å². The zero-order valence-electron chi connectivity index (χ0n) is 35.5. The number of hydrogen-bond donors (Lipinski definition) is 7. The summed E-state index contributed by atoms with van der Waals surface area (Å²) in [6.45, 7) is 3.11. The van der Waals surface area contributed by atoms with Gasteiger partial charge in [0.15, 0.2) is 6.29 Å². The Morgan fingerprint density at radius 1 is 0.690 bits per heavy atom. The van der Waals surface area contributed by atoms with Gasteiger partial charge in [0.05, 0.1) is 25.4 Å². The first-order valence-electron chi connectivity index (χ1n) is 22.1. The molecule has 1 fully saturated rings. The van der Waals surface area contributed by atoms with Crippen LogP contribution in [0.3, 0.4) is 0 Å². The van der Waals surface area contributed by atoms with E-state index in [1.54, 1.807) is 6.08 Å². The average molecular weight is 846 g/mol. The summed E-state index contributed by atoms with van der Waals surface area (Å²) in [5, 5.41) is 55.0. The SMILES string of the molecule is CCCC/C=C/CC/C=C/CC/C=C/C(O)C(COC1OC(CO)C(O)C(OS(=O)(=O)O)C1O)NC(=O)C(O)CCCCCC/C=C\CCCCCCCCCCC. The summed E-state index contributed by atoms with van der Waals surface area (Å²) < 4.78 is 47.4. The number of carbonyl (C=O) groups excluding carboxylic acids is 1. The van der Waals surface area contributed by atoms with Crippen LogP contribution in [-0.2, 0) is 28.9 Å². The molecule has 14 heteroatoms. The quantitative estimate of drug-likeness (QED) is 0.0192. The minimum atomic E-state index is -5.12. The van der Waals surface area contributed by atoms with Crippen LogP contribution >= 0.6 is 0 Å². The second-order valence-corrected chi connectivity index (χ2v) is 16.4. The molecule has 0 saturated carbocycles. The summed E-state index contributed by atoms with van der Waals surface area (Å²) in [7, 11) is -5.12. The highest BCUT2D eigenvalue weighted by molar-refractivity contribution is 7.80. The predicted octanol–water partition coefficient (Wildman–Crippen LogP) is 7.07. The molecule has 8 atom stereocenters. The summed E-state index contributed by atoms with van der Waals surface area (Å²) in [6, 6.07) is -1.15. The number of carbonyl (C=O) groups is 1. The van der Waals surface area contributed by atoms with Crippen LogP contribution in [0.25, 0.3) is 0 Å². The lowest BCUT2D eigenvalue weighted by molar-refractivity contribution is -0.298. The highest BCUT2D eigenvalue weighted by atomic mass is 32.3. The first kappa shape index (κ1) is 54.0. The molecule has 0 aromatic rings. The third-order valence-electron chi connectivity index (χ3n) is 10.2. The molecule has 8 unspecified atom stereocenters. The molecule has 1 saturated heterocycles. The van der Waals surface area contributed by atoms with Crippen LogP contribution in [0.15, 0.2) is 48.6 Å². The summed E-state index contributed by atoms with van der Waals surface area (Å²) in [5.74, 6) is -0.728. The molecule has 0 spiro atoms. The van der Waals surface area contributed by atoms with Gasteiger partial charge in [-0.25, -0.2) is 4.18 Å². The molecule has 7 N–H and O–H groups in total. The van der Waals surface area contributed by atoms with Crippen LogP contribution in [0.2, 0.25) is 0 Å². The fraction of sp³-hybridized carbons (Fsp3) is 0.795.